The zero-order chi connectivity index (χ0) is 22.9. The number of nitrogens with one attached hydrogen (secondary N) is 1. The number of phosphoric ester groups is 1. The maximum atomic E-state index is 11.9. The van der Waals surface area contributed by atoms with E-state index in [0.717, 1.165) is 10.8 Å². The number of aromatic nitrogens is 2. The number of H-pyrrole nitrogens is 1. The van der Waals surface area contributed by atoms with E-state index in [1.54, 1.807) is 0 Å². The first-order valence-electron chi connectivity index (χ1n) is 7.49. The van der Waals surface area contributed by atoms with Gasteiger partial charge in [-0.15, -0.1) is 5.92 Å². The molecule has 5 atom stereocenters. The molecule has 30 heavy (non-hydrogen) atoms. The van der Waals surface area contributed by atoms with Gasteiger partial charge in [0, 0.05) is 12.6 Å². The maximum absolute atomic E-state index is 11.9. The molecule has 1 saturated heterocycles. The van der Waals surface area contributed by atoms with Gasteiger partial charge in [0.15, 0.2) is 6.29 Å². The van der Waals surface area contributed by atoms with Gasteiger partial charge < -0.3 is 34.0 Å². The molecule has 1 fully saturated rings. The quantitative estimate of drug-likeness (QED) is 0.277. The van der Waals surface area contributed by atoms with E-state index in [1.165, 1.54) is 6.92 Å². The molecule has 0 aromatic carbocycles. The minimum absolute atomic E-state index is 0.151. The minimum atomic E-state index is -6.20. The van der Waals surface area contributed by atoms with Crippen LogP contribution in [0.4, 0.5) is 0 Å². The second-order valence-corrected chi connectivity index (χ2v) is 9.66. The molecule has 1 aliphatic rings. The smallest absolute Gasteiger partial charge is 0.330 e. The topological polar surface area (TPSA) is 255 Å². The maximum Gasteiger partial charge on any atom is 0.330 e. The van der Waals surface area contributed by atoms with Crippen LogP contribution < -0.4 is 30.8 Å². The molecule has 1 aromatic rings. The third-order valence-corrected chi connectivity index (χ3v) is 6.89. The molecule has 0 amide bonds. The van der Waals surface area contributed by atoms with Crippen LogP contribution in [-0.4, -0.2) is 27.1 Å². The van der Waals surface area contributed by atoms with Crippen LogP contribution in [0.1, 0.15) is 25.1 Å². The van der Waals surface area contributed by atoms with Gasteiger partial charge in [-0.2, -0.15) is 0 Å². The lowest BCUT2D eigenvalue weighted by Crippen LogP contribution is -2.33. The van der Waals surface area contributed by atoms with E-state index in [-0.39, 0.29) is 5.56 Å². The first-order valence-corrected chi connectivity index (χ1v) is 11.9. The molecule has 2 rings (SSSR count). The van der Waals surface area contributed by atoms with E-state index in [2.05, 4.69) is 25.0 Å². The molecule has 0 saturated carbocycles. The number of phosphoric acid groups is 3. The van der Waals surface area contributed by atoms with E-state index in [0.29, 0.717) is 0 Å². The number of ether oxygens (including phenoxy) is 1. The Morgan fingerprint density at radius 3 is 2.40 bits per heavy atom. The molecular formula is C11H11N2O14P3-4. The fourth-order valence-corrected chi connectivity index (χ4v) is 5.17. The first kappa shape index (κ1) is 24.8. The van der Waals surface area contributed by atoms with Gasteiger partial charge in [0.25, 0.3) is 21.2 Å². The summed E-state index contributed by atoms with van der Waals surface area (Å²) in [6.07, 6.45) is -4.73. The molecule has 2 N–H and O–H groups in total. The van der Waals surface area contributed by atoms with Crippen molar-refractivity contribution in [3.05, 3.63) is 32.6 Å². The van der Waals surface area contributed by atoms with Crippen LogP contribution in [0, 0.1) is 11.8 Å². The molecule has 0 bridgehead atoms. The van der Waals surface area contributed by atoms with Crippen molar-refractivity contribution in [2.75, 3.05) is 0 Å². The number of aromatic amines is 1. The summed E-state index contributed by atoms with van der Waals surface area (Å²) in [7, 11) is -18.3. The molecule has 168 valence electrons. The molecule has 1 aliphatic heterocycles. The second kappa shape index (κ2) is 8.97. The van der Waals surface area contributed by atoms with E-state index in [1.807, 2.05) is 4.98 Å². The van der Waals surface area contributed by atoms with Crippen LogP contribution in [0.3, 0.4) is 0 Å². The zero-order valence-electron chi connectivity index (χ0n) is 14.6. The lowest BCUT2D eigenvalue weighted by atomic mass is 10.2. The highest BCUT2D eigenvalue weighted by molar-refractivity contribution is 7.64. The van der Waals surface area contributed by atoms with Crippen molar-refractivity contribution in [2.45, 2.75) is 32.0 Å². The van der Waals surface area contributed by atoms with Crippen molar-refractivity contribution in [3.63, 3.8) is 0 Å². The Balaban J connectivity index is 2.18. The molecule has 16 nitrogen and oxygen atoms in total. The van der Waals surface area contributed by atoms with Gasteiger partial charge in [0.05, 0.1) is 7.82 Å². The zero-order valence-corrected chi connectivity index (χ0v) is 17.2. The van der Waals surface area contributed by atoms with Crippen LogP contribution in [-0.2, 0) is 31.6 Å². The van der Waals surface area contributed by atoms with Gasteiger partial charge in [-0.05, 0) is 6.92 Å². The Morgan fingerprint density at radius 2 is 1.83 bits per heavy atom. The molecule has 19 heteroatoms. The number of rotatable bonds is 7. The Bertz CT molecular complexity index is 1120. The monoisotopic (exact) mass is 488 g/mol. The first-order chi connectivity index (χ1) is 13.6. The summed E-state index contributed by atoms with van der Waals surface area (Å²) in [5.74, 6) is 4.82. The SMILES string of the molecule is CC#Cc1cn(C2CC(O)C(OP(=O)([O-])OP(=O)([O-])OP(=O)([O-])[O-])O2)c(=O)[nH]c1=O. The van der Waals surface area contributed by atoms with Crippen LogP contribution >= 0.6 is 23.5 Å². The molecule has 1 aromatic heterocycles. The summed E-state index contributed by atoms with van der Waals surface area (Å²) in [6.45, 7) is 1.41. The van der Waals surface area contributed by atoms with Gasteiger partial charge in [-0.3, -0.25) is 32.3 Å². The van der Waals surface area contributed by atoms with Crippen molar-refractivity contribution in [1.29, 1.82) is 0 Å². The molecular weight excluding hydrogens is 477 g/mol. The lowest BCUT2D eigenvalue weighted by molar-refractivity contribution is -0.339. The fourth-order valence-electron chi connectivity index (χ4n) is 2.22. The highest BCUT2D eigenvalue weighted by atomic mass is 31.3. The molecule has 2 heterocycles. The lowest BCUT2D eigenvalue weighted by Gasteiger charge is -2.38. The van der Waals surface area contributed by atoms with Crippen molar-refractivity contribution in [3.8, 4) is 11.8 Å². The summed E-state index contributed by atoms with van der Waals surface area (Å²) < 4.78 is 49.4. The van der Waals surface area contributed by atoms with Crippen molar-refractivity contribution >= 4 is 23.5 Å². The van der Waals surface area contributed by atoms with Gasteiger partial charge in [-0.25, -0.2) is 9.11 Å². The normalized spacial score (nSPS) is 25.7. The van der Waals surface area contributed by atoms with Gasteiger partial charge in [0.2, 0.25) is 0 Å². The average Bonchev–Trinajstić information content (AvgIpc) is 2.86. The van der Waals surface area contributed by atoms with E-state index in [9.17, 15) is 48.0 Å². The second-order valence-electron chi connectivity index (χ2n) is 5.46. The van der Waals surface area contributed by atoms with Gasteiger partial charge >= 0.3 is 5.69 Å². The van der Waals surface area contributed by atoms with E-state index >= 15 is 0 Å². The van der Waals surface area contributed by atoms with E-state index in [4.69, 9.17) is 4.74 Å². The molecule has 5 unspecified atom stereocenters. The van der Waals surface area contributed by atoms with Crippen LogP contribution in [0.5, 0.6) is 0 Å². The summed E-state index contributed by atoms with van der Waals surface area (Å²) >= 11 is 0. The molecule has 0 radical (unpaired) electrons. The van der Waals surface area contributed by atoms with Crippen LogP contribution in [0.15, 0.2) is 15.8 Å². The predicted octanol–water partition coefficient (Wildman–Crippen LogP) is -3.67. The van der Waals surface area contributed by atoms with Crippen LogP contribution in [0.25, 0.3) is 0 Å². The van der Waals surface area contributed by atoms with Gasteiger partial charge in [0.1, 0.15) is 17.9 Å². The predicted molar refractivity (Wildman–Crippen MR) is 84.5 cm³/mol. The van der Waals surface area contributed by atoms with Crippen molar-refractivity contribution in [2.24, 2.45) is 0 Å². The number of hydrogen-bond acceptors (Lipinski definition) is 14. The highest BCUT2D eigenvalue weighted by Crippen LogP contribution is 2.61. The summed E-state index contributed by atoms with van der Waals surface area (Å²) in [6, 6.07) is 0. The summed E-state index contributed by atoms with van der Waals surface area (Å²) in [5, 5.41) is 9.88. The third kappa shape index (κ3) is 6.79. The number of nitrogens with zero attached hydrogens (tertiary/aromatic N) is 1. The largest absolute Gasteiger partial charge is 0.790 e. The Hall–Kier alpha value is -1.43. The molecule has 0 aliphatic carbocycles. The Labute approximate surface area is 166 Å². The van der Waals surface area contributed by atoms with E-state index < -0.39 is 59.8 Å². The van der Waals surface area contributed by atoms with Crippen LogP contribution in [0.2, 0.25) is 0 Å². The minimum Gasteiger partial charge on any atom is -0.790 e. The summed E-state index contributed by atoms with van der Waals surface area (Å²) in [5.41, 5.74) is -1.96. The summed E-state index contributed by atoms with van der Waals surface area (Å²) in [4.78, 5) is 68.9. The molecule has 0 spiro atoms. The van der Waals surface area contributed by atoms with Crippen molar-refractivity contribution < 1.29 is 56.3 Å². The number of hydrogen-bond donors (Lipinski definition) is 2. The third-order valence-electron chi connectivity index (χ3n) is 3.22. The standard InChI is InChI=1S/C11H15N2O14P3/c1-2-3-6-5-13(11(16)12-9(6)15)8-4-7(14)10(24-8)25-29(20,21)27-30(22,23)26-28(17,18)19/h5,7-8,10,14H,4H2,1H3,(H,20,21)(H,22,23)(H,12,15,16)(H2,17,18,19)/p-4. The highest BCUT2D eigenvalue weighted by Gasteiger charge is 2.39. The fraction of sp³-hybridized carbons (Fsp3) is 0.455. The Kier molecular flexibility index (Phi) is 7.43. The van der Waals surface area contributed by atoms with Gasteiger partial charge in [-0.1, -0.05) is 5.92 Å². The Morgan fingerprint density at radius 1 is 1.20 bits per heavy atom. The van der Waals surface area contributed by atoms with Crippen molar-refractivity contribution in [1.82, 2.24) is 9.55 Å². The number of aliphatic hydroxyl groups is 1. The number of aliphatic hydroxyl groups excluding tert-OH is 1. The average molecular weight is 488 g/mol.